The van der Waals surface area contributed by atoms with Crippen LogP contribution in [0.15, 0.2) is 29.4 Å². The van der Waals surface area contributed by atoms with E-state index in [1.807, 2.05) is 26.0 Å². The van der Waals surface area contributed by atoms with Crippen LogP contribution >= 0.6 is 0 Å². The van der Waals surface area contributed by atoms with Crippen LogP contribution in [0.4, 0.5) is 0 Å². The zero-order chi connectivity index (χ0) is 14.1. The van der Waals surface area contributed by atoms with E-state index >= 15 is 0 Å². The number of hydrogen-bond acceptors (Lipinski definition) is 3. The summed E-state index contributed by atoms with van der Waals surface area (Å²) < 4.78 is 5.63. The highest BCUT2D eigenvalue weighted by atomic mass is 16.6. The summed E-state index contributed by atoms with van der Waals surface area (Å²) in [7, 11) is 0. The van der Waals surface area contributed by atoms with Crippen LogP contribution in [0, 0.1) is 5.92 Å². The third-order valence-corrected chi connectivity index (χ3v) is 2.43. The lowest BCUT2D eigenvalue weighted by atomic mass is 10.0. The highest BCUT2D eigenvalue weighted by Gasteiger charge is 1.98. The molecule has 0 bridgehead atoms. The molecule has 0 saturated heterocycles. The van der Waals surface area contributed by atoms with Crippen LogP contribution < -0.4 is 4.74 Å². The van der Waals surface area contributed by atoms with E-state index in [0.29, 0.717) is 12.5 Å². The average Bonchev–Trinajstić information content (AvgIpc) is 2.34. The number of rotatable bonds is 8. The first kappa shape index (κ1) is 15.5. The van der Waals surface area contributed by atoms with E-state index in [9.17, 15) is 0 Å². The molecule has 1 aromatic carbocycles. The van der Waals surface area contributed by atoms with Gasteiger partial charge in [-0.3, -0.25) is 0 Å². The van der Waals surface area contributed by atoms with Crippen molar-refractivity contribution in [2.45, 2.75) is 46.6 Å². The van der Waals surface area contributed by atoms with Crippen LogP contribution in [-0.4, -0.2) is 18.9 Å². The first-order valence-electron chi connectivity index (χ1n) is 6.97. The molecule has 0 amide bonds. The van der Waals surface area contributed by atoms with Crippen LogP contribution in [0.1, 0.15) is 39.7 Å². The Morgan fingerprint density at radius 1 is 1.11 bits per heavy atom. The molecule has 0 aliphatic heterocycles. The maximum atomic E-state index is 5.63. The van der Waals surface area contributed by atoms with E-state index in [1.165, 1.54) is 5.56 Å². The Hall–Kier alpha value is -1.51. The predicted octanol–water partition coefficient (Wildman–Crippen LogP) is 4.06. The van der Waals surface area contributed by atoms with Gasteiger partial charge in [0.25, 0.3) is 0 Å². The summed E-state index contributed by atoms with van der Waals surface area (Å²) >= 11 is 0. The summed E-state index contributed by atoms with van der Waals surface area (Å²) in [5.41, 5.74) is 1.36. The lowest BCUT2D eigenvalue weighted by Gasteiger charge is -2.07. The minimum atomic E-state index is 0.130. The van der Waals surface area contributed by atoms with Gasteiger partial charge in [-0.2, -0.15) is 0 Å². The summed E-state index contributed by atoms with van der Waals surface area (Å²) in [6, 6.07) is 8.32. The Morgan fingerprint density at radius 3 is 2.37 bits per heavy atom. The van der Waals surface area contributed by atoms with Crippen LogP contribution in [0.25, 0.3) is 0 Å². The number of ether oxygens (including phenoxy) is 1. The second-order valence-electron chi connectivity index (χ2n) is 5.32. The molecular weight excluding hydrogens is 238 g/mol. The van der Waals surface area contributed by atoms with E-state index in [0.717, 1.165) is 18.6 Å². The summed E-state index contributed by atoms with van der Waals surface area (Å²) in [4.78, 5) is 5.06. The normalized spacial score (nSPS) is 11.5. The van der Waals surface area contributed by atoms with Crippen molar-refractivity contribution >= 4 is 6.21 Å². The zero-order valence-electron chi connectivity index (χ0n) is 12.4. The Labute approximate surface area is 116 Å². The van der Waals surface area contributed by atoms with Crippen molar-refractivity contribution in [3.8, 4) is 5.75 Å². The fraction of sp³-hybridized carbons (Fsp3) is 0.562. The van der Waals surface area contributed by atoms with Gasteiger partial charge < -0.3 is 9.57 Å². The van der Waals surface area contributed by atoms with Crippen molar-refractivity contribution in [3.05, 3.63) is 29.8 Å². The average molecular weight is 263 g/mol. The van der Waals surface area contributed by atoms with E-state index in [1.54, 1.807) is 6.21 Å². The van der Waals surface area contributed by atoms with E-state index in [4.69, 9.17) is 9.57 Å². The third kappa shape index (κ3) is 7.50. The third-order valence-electron chi connectivity index (χ3n) is 2.43. The van der Waals surface area contributed by atoms with Crippen molar-refractivity contribution in [1.29, 1.82) is 0 Å². The number of nitrogens with zero attached hydrogens (tertiary/aromatic N) is 1. The molecule has 0 fully saturated rings. The van der Waals surface area contributed by atoms with E-state index in [2.05, 4.69) is 31.1 Å². The van der Waals surface area contributed by atoms with Crippen molar-refractivity contribution in [2.75, 3.05) is 6.61 Å². The van der Waals surface area contributed by atoms with Crippen LogP contribution in [0.5, 0.6) is 5.75 Å². The molecule has 19 heavy (non-hydrogen) atoms. The maximum absolute atomic E-state index is 5.63. The highest BCUT2D eigenvalue weighted by molar-refractivity contribution is 5.56. The molecule has 0 saturated carbocycles. The topological polar surface area (TPSA) is 30.8 Å². The minimum absolute atomic E-state index is 0.130. The lowest BCUT2D eigenvalue weighted by Crippen LogP contribution is -2.00. The molecule has 3 heteroatoms. The standard InChI is InChI=1S/C16H25NO2/c1-13(2)12-15-6-8-16(9-7-15)18-11-5-10-17-19-14(3)4/h6-10,13-14H,5,11-12H2,1-4H3. The van der Waals surface area contributed by atoms with Crippen molar-refractivity contribution < 1.29 is 9.57 Å². The molecule has 0 heterocycles. The Kier molecular flexibility index (Phi) is 7.01. The largest absolute Gasteiger partial charge is 0.493 e. The molecule has 3 nitrogen and oxygen atoms in total. The number of hydrogen-bond donors (Lipinski definition) is 0. The number of benzene rings is 1. The van der Waals surface area contributed by atoms with Crippen LogP contribution in [0.3, 0.4) is 0 Å². The van der Waals surface area contributed by atoms with Gasteiger partial charge in [-0.05, 0) is 43.9 Å². The first-order valence-corrected chi connectivity index (χ1v) is 6.97. The molecule has 0 aliphatic carbocycles. The molecule has 0 spiro atoms. The van der Waals surface area contributed by atoms with Gasteiger partial charge >= 0.3 is 0 Å². The molecule has 0 unspecified atom stereocenters. The van der Waals surface area contributed by atoms with Gasteiger partial charge in [0.2, 0.25) is 0 Å². The lowest BCUT2D eigenvalue weighted by molar-refractivity contribution is 0.0866. The van der Waals surface area contributed by atoms with Gasteiger partial charge in [0.05, 0.1) is 6.61 Å². The zero-order valence-corrected chi connectivity index (χ0v) is 12.4. The van der Waals surface area contributed by atoms with Gasteiger partial charge in [-0.15, -0.1) is 0 Å². The Bertz CT molecular complexity index is 369. The van der Waals surface area contributed by atoms with Crippen molar-refractivity contribution in [3.63, 3.8) is 0 Å². The summed E-state index contributed by atoms with van der Waals surface area (Å²) in [6.07, 6.45) is 3.73. The number of oxime groups is 1. The smallest absolute Gasteiger partial charge is 0.121 e. The quantitative estimate of drug-likeness (QED) is 0.402. The summed E-state index contributed by atoms with van der Waals surface area (Å²) in [6.45, 7) is 8.97. The second kappa shape index (κ2) is 8.57. The molecule has 0 aromatic heterocycles. The van der Waals surface area contributed by atoms with Crippen LogP contribution in [0.2, 0.25) is 0 Å². The van der Waals surface area contributed by atoms with E-state index < -0.39 is 0 Å². The first-order chi connectivity index (χ1) is 9.08. The molecule has 1 aromatic rings. The van der Waals surface area contributed by atoms with Gasteiger partial charge in [0, 0.05) is 12.6 Å². The second-order valence-corrected chi connectivity index (χ2v) is 5.32. The van der Waals surface area contributed by atoms with Gasteiger partial charge in [0.15, 0.2) is 0 Å². The van der Waals surface area contributed by atoms with Gasteiger partial charge in [0.1, 0.15) is 11.9 Å². The van der Waals surface area contributed by atoms with Crippen LogP contribution in [-0.2, 0) is 11.3 Å². The SMILES string of the molecule is CC(C)Cc1ccc(OCCC=NOC(C)C)cc1. The molecule has 0 radical (unpaired) electrons. The molecule has 1 rings (SSSR count). The minimum Gasteiger partial charge on any atom is -0.493 e. The summed E-state index contributed by atoms with van der Waals surface area (Å²) in [5, 5.41) is 3.84. The molecule has 0 atom stereocenters. The van der Waals surface area contributed by atoms with Crippen molar-refractivity contribution in [1.82, 2.24) is 0 Å². The molecule has 106 valence electrons. The highest BCUT2D eigenvalue weighted by Crippen LogP contribution is 2.14. The van der Waals surface area contributed by atoms with Gasteiger partial charge in [-0.1, -0.05) is 31.1 Å². The van der Waals surface area contributed by atoms with Crippen molar-refractivity contribution in [2.24, 2.45) is 11.1 Å². The van der Waals surface area contributed by atoms with Gasteiger partial charge in [-0.25, -0.2) is 0 Å². The molecular formula is C16H25NO2. The monoisotopic (exact) mass is 263 g/mol. The fourth-order valence-electron chi connectivity index (χ4n) is 1.64. The molecule has 0 aliphatic rings. The molecule has 0 N–H and O–H groups in total. The Morgan fingerprint density at radius 2 is 1.79 bits per heavy atom. The van der Waals surface area contributed by atoms with E-state index in [-0.39, 0.29) is 6.10 Å². The Balaban J connectivity index is 2.24. The summed E-state index contributed by atoms with van der Waals surface area (Å²) in [5.74, 6) is 1.59. The fourth-order valence-corrected chi connectivity index (χ4v) is 1.64. The maximum Gasteiger partial charge on any atom is 0.121 e. The predicted molar refractivity (Wildman–Crippen MR) is 79.8 cm³/mol.